The van der Waals surface area contributed by atoms with Gasteiger partial charge in [0.2, 0.25) is 0 Å². The number of carbonyl (C=O) groups is 2. The van der Waals surface area contributed by atoms with Crippen LogP contribution in [0.3, 0.4) is 0 Å². The van der Waals surface area contributed by atoms with Crippen LogP contribution in [0.15, 0.2) is 47.9 Å². The third-order valence-electron chi connectivity index (χ3n) is 2.56. The largest absolute Gasteiger partial charge is 0.270 e. The fraction of sp³-hybridized carbons (Fsp3) is 0. The maximum absolute atomic E-state index is 11.8. The van der Waals surface area contributed by atoms with Gasteiger partial charge in [0.05, 0.1) is 4.92 Å². The van der Waals surface area contributed by atoms with Crippen LogP contribution in [0.1, 0.15) is 15.2 Å². The molecule has 2 rings (SSSR count). The summed E-state index contributed by atoms with van der Waals surface area (Å²) in [7, 11) is 0. The minimum atomic E-state index is -0.637. The number of non-ortho nitro benzene ring substituents is 1. The first-order valence-corrected chi connectivity index (χ1v) is 7.00. The quantitative estimate of drug-likeness (QED) is 0.512. The van der Waals surface area contributed by atoms with E-state index in [0.29, 0.717) is 0 Å². The molecule has 1 heterocycles. The van der Waals surface area contributed by atoms with Crippen molar-refractivity contribution in [3.63, 3.8) is 0 Å². The zero-order chi connectivity index (χ0) is 15.9. The highest BCUT2D eigenvalue weighted by atomic mass is 32.1. The summed E-state index contributed by atoms with van der Waals surface area (Å²) in [6.07, 6.45) is 2.89. The highest BCUT2D eigenvalue weighted by Gasteiger charge is 2.11. The maximum atomic E-state index is 11.8. The topological polar surface area (TPSA) is 101 Å². The van der Waals surface area contributed by atoms with Gasteiger partial charge in [-0.3, -0.25) is 30.6 Å². The van der Waals surface area contributed by atoms with Crippen molar-refractivity contribution in [1.82, 2.24) is 10.9 Å². The summed E-state index contributed by atoms with van der Waals surface area (Å²) in [4.78, 5) is 34.3. The summed E-state index contributed by atoms with van der Waals surface area (Å²) < 4.78 is 0. The van der Waals surface area contributed by atoms with Crippen molar-refractivity contribution in [2.45, 2.75) is 0 Å². The number of hydrazine groups is 1. The number of carbonyl (C=O) groups excluding carboxylic acids is 2. The summed E-state index contributed by atoms with van der Waals surface area (Å²) in [6.45, 7) is 0. The summed E-state index contributed by atoms with van der Waals surface area (Å²) in [5.41, 5.74) is 4.27. The molecule has 2 N–H and O–H groups in total. The lowest BCUT2D eigenvalue weighted by molar-refractivity contribution is -0.384. The Kier molecular flexibility index (Phi) is 4.99. The van der Waals surface area contributed by atoms with Gasteiger partial charge in [-0.2, -0.15) is 0 Å². The lowest BCUT2D eigenvalue weighted by Crippen LogP contribution is -2.40. The predicted molar refractivity (Wildman–Crippen MR) is 82.1 cm³/mol. The van der Waals surface area contributed by atoms with Gasteiger partial charge in [0.1, 0.15) is 0 Å². The number of nitrogens with zero attached hydrogens (tertiary/aromatic N) is 1. The molecule has 7 nitrogen and oxygen atoms in total. The molecule has 0 bridgehead atoms. The third-order valence-corrected chi connectivity index (χ3v) is 3.40. The van der Waals surface area contributed by atoms with Gasteiger partial charge >= 0.3 is 0 Å². The molecule has 1 aromatic carbocycles. The van der Waals surface area contributed by atoms with E-state index in [1.54, 1.807) is 6.08 Å². The molecule has 0 aliphatic carbocycles. The zero-order valence-electron chi connectivity index (χ0n) is 11.2. The number of hydrogen-bond donors (Lipinski definition) is 2. The molecular weight excluding hydrogens is 306 g/mol. The average molecular weight is 317 g/mol. The van der Waals surface area contributed by atoms with E-state index in [4.69, 9.17) is 0 Å². The van der Waals surface area contributed by atoms with Gasteiger partial charge in [0, 0.05) is 28.6 Å². The number of benzene rings is 1. The number of rotatable bonds is 4. The Bertz CT molecular complexity index is 725. The van der Waals surface area contributed by atoms with Gasteiger partial charge in [0.25, 0.3) is 17.5 Å². The molecule has 22 heavy (non-hydrogen) atoms. The first kappa shape index (κ1) is 15.4. The Balaban J connectivity index is 1.91. The van der Waals surface area contributed by atoms with Crippen LogP contribution in [-0.4, -0.2) is 16.7 Å². The molecule has 8 heteroatoms. The van der Waals surface area contributed by atoms with E-state index in [-0.39, 0.29) is 11.3 Å². The first-order valence-electron chi connectivity index (χ1n) is 6.12. The van der Waals surface area contributed by atoms with E-state index in [1.165, 1.54) is 35.6 Å². The highest BCUT2D eigenvalue weighted by molar-refractivity contribution is 7.10. The molecule has 0 fully saturated rings. The summed E-state index contributed by atoms with van der Waals surface area (Å²) in [6, 6.07) is 8.91. The van der Waals surface area contributed by atoms with Crippen molar-refractivity contribution in [2.75, 3.05) is 0 Å². The lowest BCUT2D eigenvalue weighted by Gasteiger charge is -2.05. The van der Waals surface area contributed by atoms with Crippen LogP contribution in [0.2, 0.25) is 0 Å². The standard InChI is InChI=1S/C14H11N3O4S/c18-13(7-6-12-5-2-8-22-12)15-16-14(19)10-3-1-4-11(9-10)17(20)21/h1-9H,(H,15,18)(H,16,19)/b7-6+. The molecule has 112 valence electrons. The van der Waals surface area contributed by atoms with Crippen molar-refractivity contribution in [1.29, 1.82) is 0 Å². The van der Waals surface area contributed by atoms with Crippen molar-refractivity contribution in [3.05, 3.63) is 68.4 Å². The molecular formula is C14H11N3O4S. The molecule has 0 saturated carbocycles. The summed E-state index contributed by atoms with van der Waals surface area (Å²) in [5, 5.41) is 12.5. The van der Waals surface area contributed by atoms with Gasteiger partial charge in [0.15, 0.2) is 0 Å². The van der Waals surface area contributed by atoms with Crippen LogP contribution in [0.25, 0.3) is 6.08 Å². The van der Waals surface area contributed by atoms with Gasteiger partial charge in [-0.1, -0.05) is 12.1 Å². The molecule has 0 radical (unpaired) electrons. The molecule has 0 spiro atoms. The summed E-state index contributed by atoms with van der Waals surface area (Å²) >= 11 is 1.47. The van der Waals surface area contributed by atoms with Crippen LogP contribution >= 0.6 is 11.3 Å². The van der Waals surface area contributed by atoms with E-state index in [0.717, 1.165) is 10.9 Å². The minimum absolute atomic E-state index is 0.0803. The van der Waals surface area contributed by atoms with Gasteiger partial charge in [-0.05, 0) is 23.6 Å². The van der Waals surface area contributed by atoms with Crippen molar-refractivity contribution < 1.29 is 14.5 Å². The minimum Gasteiger partial charge on any atom is -0.268 e. The van der Waals surface area contributed by atoms with Crippen molar-refractivity contribution in [2.24, 2.45) is 0 Å². The van der Waals surface area contributed by atoms with Gasteiger partial charge in [-0.25, -0.2) is 0 Å². The SMILES string of the molecule is O=C(/C=C/c1cccs1)NNC(=O)c1cccc([N+](=O)[O-])c1. The molecule has 1 aromatic heterocycles. The monoisotopic (exact) mass is 317 g/mol. The van der Waals surface area contributed by atoms with Crippen LogP contribution < -0.4 is 10.9 Å². The predicted octanol–water partition coefficient (Wildman–Crippen LogP) is 2.13. The Morgan fingerprint density at radius 1 is 1.18 bits per heavy atom. The fourth-order valence-electron chi connectivity index (χ4n) is 1.54. The molecule has 0 aliphatic heterocycles. The Labute approximate surface area is 129 Å². The number of nitro groups is 1. The molecule has 2 amide bonds. The molecule has 2 aromatic rings. The second kappa shape index (κ2) is 7.14. The van der Waals surface area contributed by atoms with E-state index in [1.807, 2.05) is 17.5 Å². The van der Waals surface area contributed by atoms with Crippen LogP contribution in [0, 0.1) is 10.1 Å². The van der Waals surface area contributed by atoms with Crippen LogP contribution in [-0.2, 0) is 4.79 Å². The van der Waals surface area contributed by atoms with Gasteiger partial charge < -0.3 is 0 Å². The van der Waals surface area contributed by atoms with Crippen LogP contribution in [0.4, 0.5) is 5.69 Å². The lowest BCUT2D eigenvalue weighted by atomic mass is 10.2. The zero-order valence-corrected chi connectivity index (χ0v) is 12.0. The molecule has 0 saturated heterocycles. The Morgan fingerprint density at radius 3 is 2.68 bits per heavy atom. The Hall–Kier alpha value is -3.00. The molecule has 0 atom stereocenters. The second-order valence-electron chi connectivity index (χ2n) is 4.10. The molecule has 0 aliphatic rings. The second-order valence-corrected chi connectivity index (χ2v) is 5.08. The van der Waals surface area contributed by atoms with E-state index >= 15 is 0 Å². The highest BCUT2D eigenvalue weighted by Crippen LogP contribution is 2.12. The average Bonchev–Trinajstić information content (AvgIpc) is 3.04. The Morgan fingerprint density at radius 2 is 2.00 bits per heavy atom. The van der Waals surface area contributed by atoms with E-state index in [9.17, 15) is 19.7 Å². The van der Waals surface area contributed by atoms with Crippen molar-refractivity contribution in [3.8, 4) is 0 Å². The number of amides is 2. The molecule has 0 unspecified atom stereocenters. The van der Waals surface area contributed by atoms with E-state index in [2.05, 4.69) is 10.9 Å². The summed E-state index contributed by atoms with van der Waals surface area (Å²) in [5.74, 6) is -1.14. The van der Waals surface area contributed by atoms with Gasteiger partial charge in [-0.15, -0.1) is 11.3 Å². The maximum Gasteiger partial charge on any atom is 0.270 e. The number of hydrogen-bond acceptors (Lipinski definition) is 5. The van der Waals surface area contributed by atoms with Crippen molar-refractivity contribution >= 4 is 34.9 Å². The number of nitrogens with one attached hydrogen (secondary N) is 2. The smallest absolute Gasteiger partial charge is 0.268 e. The first-order chi connectivity index (χ1) is 10.6. The van der Waals surface area contributed by atoms with E-state index < -0.39 is 16.7 Å². The van der Waals surface area contributed by atoms with Crippen LogP contribution in [0.5, 0.6) is 0 Å². The fourth-order valence-corrected chi connectivity index (χ4v) is 2.15. The normalized spacial score (nSPS) is 10.4. The number of thiophene rings is 1. The number of nitro benzene ring substituents is 1. The third kappa shape index (κ3) is 4.25.